The van der Waals surface area contributed by atoms with Crippen LogP contribution in [0, 0.1) is 17.8 Å². The molecule has 1 aliphatic rings. The number of nitrogens with one attached hydrogen (secondary N) is 1. The van der Waals surface area contributed by atoms with Crippen molar-refractivity contribution < 1.29 is 35.1 Å². The molecule has 51 heavy (non-hydrogen) atoms. The molecule has 10 N–H and O–H groups in total. The van der Waals surface area contributed by atoms with Crippen LogP contribution in [0.25, 0.3) is 10.9 Å². The molecular formula is C40H52N4O7. The molecule has 0 fully saturated rings. The van der Waals surface area contributed by atoms with Crippen LogP contribution in [0.15, 0.2) is 48.9 Å². The van der Waals surface area contributed by atoms with E-state index in [1.807, 2.05) is 36.1 Å². The number of aryl methyl sites for hydroxylation is 1. The molecule has 0 spiro atoms. The van der Waals surface area contributed by atoms with Gasteiger partial charge in [0, 0.05) is 48.8 Å². The monoisotopic (exact) mass is 700 g/mol. The number of carbonyl (C=O) groups excluding carboxylic acids is 1. The van der Waals surface area contributed by atoms with Crippen molar-refractivity contribution in [3.63, 3.8) is 0 Å². The second-order valence-corrected chi connectivity index (χ2v) is 13.8. The number of aromatic hydroxyl groups is 2. The molecular weight excluding hydrogens is 648 g/mol. The highest BCUT2D eigenvalue weighted by Crippen LogP contribution is 2.38. The number of Topliss-reactive ketones (excluding diaryl/α,β-unsaturated/α-hetero) is 1. The number of carbonyl (C=O) groups is 1. The van der Waals surface area contributed by atoms with Crippen molar-refractivity contribution >= 4 is 16.7 Å². The highest BCUT2D eigenvalue weighted by molar-refractivity contribution is 5.83. The van der Waals surface area contributed by atoms with Crippen LogP contribution < -0.4 is 16.2 Å². The maximum atomic E-state index is 13.5. The molecule has 3 heterocycles. The summed E-state index contributed by atoms with van der Waals surface area (Å²) in [6, 6.07) is 8.23. The number of hydrogen-bond acceptors (Lipinski definition) is 9. The van der Waals surface area contributed by atoms with Crippen molar-refractivity contribution in [2.24, 2.45) is 17.4 Å². The van der Waals surface area contributed by atoms with Crippen LogP contribution >= 0.6 is 0 Å². The van der Waals surface area contributed by atoms with E-state index in [4.69, 9.17) is 16.2 Å². The molecule has 4 aromatic rings. The zero-order chi connectivity index (χ0) is 36.7. The number of nitrogens with two attached hydrogens (primary N) is 2. The first-order valence-electron chi connectivity index (χ1n) is 18.1. The maximum absolute atomic E-state index is 13.5. The number of unbranched alkanes of at least 4 members (excludes halogenated alkanes) is 2. The summed E-state index contributed by atoms with van der Waals surface area (Å²) >= 11 is 0. The molecule has 0 saturated heterocycles. The molecule has 0 aliphatic carbocycles. The van der Waals surface area contributed by atoms with E-state index in [1.54, 1.807) is 12.1 Å². The van der Waals surface area contributed by atoms with E-state index in [9.17, 15) is 30.3 Å². The molecule has 0 amide bonds. The largest absolute Gasteiger partial charge is 0.508 e. The number of aromatic amines is 1. The highest BCUT2D eigenvalue weighted by Gasteiger charge is 2.28. The van der Waals surface area contributed by atoms with E-state index < -0.39 is 36.6 Å². The Bertz CT molecular complexity index is 1850. The average Bonchev–Trinajstić information content (AvgIpc) is 3.68. The van der Waals surface area contributed by atoms with Gasteiger partial charge in [0.25, 0.3) is 0 Å². The quantitative estimate of drug-likeness (QED) is 0.0421. The molecule has 2 aromatic heterocycles. The second-order valence-electron chi connectivity index (χ2n) is 13.8. The van der Waals surface area contributed by atoms with Gasteiger partial charge in [-0.25, -0.2) is 0 Å². The summed E-state index contributed by atoms with van der Waals surface area (Å²) in [4.78, 5) is 16.8. The Labute approximate surface area is 299 Å². The van der Waals surface area contributed by atoms with Crippen molar-refractivity contribution in [2.75, 3.05) is 0 Å². The number of aliphatic hydroxyl groups is 3. The number of nitrogens with zero attached hydrogens (tertiary/aromatic N) is 1. The first kappa shape index (κ1) is 37.9. The van der Waals surface area contributed by atoms with E-state index in [0.717, 1.165) is 53.3 Å². The summed E-state index contributed by atoms with van der Waals surface area (Å²) in [5, 5.41) is 54.9. The standard InChI is InChI=1S/C40H52N4O7/c1-3-5-6-9-30(36(49)19-28(45)8-4-2)34(47)15-13-24-18-38(37(50)20-35(24)48)51-39-11-7-10-33(46)29-14-12-25(40(41)42)16-26(29)17-27-21-43-32-23-44(39)22-31(27)32/h12,14,16,18,20-23,28,30,33,36,39-40,43,45-46,48-50H,3-6,8-9,11,13,15,17,19,41-42H2,1-2H3/t28-,30-,33+,36-,39+/m1/s1. The Morgan fingerprint density at radius 2 is 1.84 bits per heavy atom. The molecule has 0 radical (unpaired) electrons. The van der Waals surface area contributed by atoms with Gasteiger partial charge in [0.15, 0.2) is 17.7 Å². The van der Waals surface area contributed by atoms with Crippen LogP contribution in [0.2, 0.25) is 0 Å². The highest BCUT2D eigenvalue weighted by atomic mass is 16.5. The molecule has 11 nitrogen and oxygen atoms in total. The maximum Gasteiger partial charge on any atom is 0.186 e. The van der Waals surface area contributed by atoms with Gasteiger partial charge in [-0.2, -0.15) is 0 Å². The van der Waals surface area contributed by atoms with Gasteiger partial charge in [-0.1, -0.05) is 69.6 Å². The average molecular weight is 701 g/mol. The third kappa shape index (κ3) is 9.33. The number of ketones is 1. The van der Waals surface area contributed by atoms with Crippen LogP contribution in [-0.2, 0) is 17.6 Å². The Morgan fingerprint density at radius 3 is 2.59 bits per heavy atom. The Kier molecular flexibility index (Phi) is 12.8. The summed E-state index contributed by atoms with van der Waals surface area (Å²) in [7, 11) is 0. The SMILES string of the molecule is CCCCC[C@H](C(=O)CCc1cc(O[C@H]2CC#C[C@H](O)c3ccc(C(N)N)cc3Cc3c[nH]c4cn2cc34)c(O)cc1O)[C@H](O)C[C@H](O)CCC. The van der Waals surface area contributed by atoms with Crippen molar-refractivity contribution in [1.82, 2.24) is 9.55 Å². The third-order valence-electron chi connectivity index (χ3n) is 9.87. The summed E-state index contributed by atoms with van der Waals surface area (Å²) < 4.78 is 8.21. The fourth-order valence-electron chi connectivity index (χ4n) is 6.95. The summed E-state index contributed by atoms with van der Waals surface area (Å²) in [6.45, 7) is 4.04. The van der Waals surface area contributed by atoms with Crippen molar-refractivity contribution in [3.05, 3.63) is 76.7 Å². The van der Waals surface area contributed by atoms with Gasteiger partial charge < -0.3 is 51.3 Å². The fraction of sp³-hybridized carbons (Fsp3) is 0.475. The van der Waals surface area contributed by atoms with Crippen molar-refractivity contribution in [3.8, 4) is 29.1 Å². The van der Waals surface area contributed by atoms with Gasteiger partial charge >= 0.3 is 0 Å². The van der Waals surface area contributed by atoms with E-state index in [1.165, 1.54) is 12.1 Å². The van der Waals surface area contributed by atoms with Gasteiger partial charge in [-0.3, -0.25) is 4.79 Å². The van der Waals surface area contributed by atoms with Crippen LogP contribution in [0.4, 0.5) is 0 Å². The van der Waals surface area contributed by atoms with Gasteiger partial charge in [0.1, 0.15) is 17.6 Å². The van der Waals surface area contributed by atoms with Crippen molar-refractivity contribution in [2.45, 2.75) is 115 Å². The zero-order valence-electron chi connectivity index (χ0n) is 29.5. The van der Waals surface area contributed by atoms with Gasteiger partial charge in [-0.05, 0) is 59.6 Å². The number of fused-ring (bicyclic) bond motifs is 2. The van der Waals surface area contributed by atoms with E-state index in [2.05, 4.69) is 23.7 Å². The minimum absolute atomic E-state index is 0.0631. The van der Waals surface area contributed by atoms with Crippen LogP contribution in [0.1, 0.15) is 118 Å². The number of ether oxygens (including phenoxy) is 1. The molecule has 5 atom stereocenters. The predicted octanol–water partition coefficient (Wildman–Crippen LogP) is 5.52. The molecule has 5 rings (SSSR count). The lowest BCUT2D eigenvalue weighted by Crippen LogP contribution is -2.32. The minimum atomic E-state index is -1.07. The number of rotatable bonds is 16. The van der Waals surface area contributed by atoms with Crippen LogP contribution in [0.5, 0.6) is 17.2 Å². The lowest BCUT2D eigenvalue weighted by molar-refractivity contribution is -0.127. The molecule has 0 unspecified atom stereocenters. The van der Waals surface area contributed by atoms with Gasteiger partial charge in [0.2, 0.25) is 0 Å². The van der Waals surface area contributed by atoms with Gasteiger partial charge in [0.05, 0.1) is 30.3 Å². The first-order valence-corrected chi connectivity index (χ1v) is 18.1. The molecule has 11 heteroatoms. The normalized spacial score (nSPS) is 17.6. The molecule has 0 saturated carbocycles. The number of H-pyrrole nitrogens is 1. The summed E-state index contributed by atoms with van der Waals surface area (Å²) in [6.07, 6.45) is 7.31. The second kappa shape index (κ2) is 17.3. The number of phenolic OH excluding ortho intramolecular Hbond substituents is 2. The topological polar surface area (TPSA) is 200 Å². The van der Waals surface area contributed by atoms with Gasteiger partial charge in [-0.15, -0.1) is 0 Å². The summed E-state index contributed by atoms with van der Waals surface area (Å²) in [5.74, 6) is 4.89. The molecule has 2 bridgehead atoms. The first-order chi connectivity index (χ1) is 24.5. The minimum Gasteiger partial charge on any atom is -0.508 e. The number of hydrogen-bond donors (Lipinski definition) is 8. The van der Waals surface area contributed by atoms with Crippen LogP contribution in [0.3, 0.4) is 0 Å². The molecule has 274 valence electrons. The Balaban J connectivity index is 1.37. The zero-order valence-corrected chi connectivity index (χ0v) is 29.5. The third-order valence-corrected chi connectivity index (χ3v) is 9.87. The van der Waals surface area contributed by atoms with Crippen molar-refractivity contribution in [1.29, 1.82) is 0 Å². The number of aliphatic hydroxyl groups excluding tert-OH is 3. The molecule has 1 aliphatic heterocycles. The van der Waals surface area contributed by atoms with E-state index in [-0.39, 0.29) is 48.7 Å². The number of benzene rings is 2. The lowest BCUT2D eigenvalue weighted by atomic mass is 9.85. The summed E-state index contributed by atoms with van der Waals surface area (Å²) in [5.41, 5.74) is 16.4. The van der Waals surface area contributed by atoms with E-state index in [0.29, 0.717) is 30.4 Å². The fourth-order valence-corrected chi connectivity index (χ4v) is 6.95. The lowest BCUT2D eigenvalue weighted by Gasteiger charge is -2.24. The predicted molar refractivity (Wildman–Crippen MR) is 196 cm³/mol. The smallest absolute Gasteiger partial charge is 0.186 e. The number of aromatic nitrogens is 2. The Hall–Kier alpha value is -4.31. The van der Waals surface area contributed by atoms with E-state index >= 15 is 0 Å². The molecule has 2 aromatic carbocycles. The Morgan fingerprint density at radius 1 is 1.04 bits per heavy atom. The number of phenols is 2. The van der Waals surface area contributed by atoms with Crippen LogP contribution in [-0.4, -0.2) is 53.1 Å².